The van der Waals surface area contributed by atoms with Crippen LogP contribution in [0.5, 0.6) is 0 Å². The fraction of sp³-hybridized carbons (Fsp3) is 1.00. The van der Waals surface area contributed by atoms with Gasteiger partial charge in [0.2, 0.25) is 0 Å². The highest BCUT2D eigenvalue weighted by Gasteiger charge is 2.35. The smallest absolute Gasteiger partial charge is 0.338 e. The second-order valence-electron chi connectivity index (χ2n) is 13.2. The van der Waals surface area contributed by atoms with E-state index in [1.165, 1.54) is 205 Å². The maximum atomic E-state index is 6.42. The summed E-state index contributed by atoms with van der Waals surface area (Å²) in [7, 11) is -2.01. The van der Waals surface area contributed by atoms with Crippen molar-refractivity contribution in [2.75, 3.05) is 13.2 Å². The van der Waals surface area contributed by atoms with E-state index in [1.807, 2.05) is 0 Å². The minimum Gasteiger partial charge on any atom is -0.394 e. The molecule has 248 valence electrons. The molecule has 0 heterocycles. The van der Waals surface area contributed by atoms with Crippen LogP contribution in [0, 0.1) is 0 Å². The van der Waals surface area contributed by atoms with Crippen LogP contribution in [0.25, 0.3) is 0 Å². The molecule has 41 heavy (non-hydrogen) atoms. The zero-order chi connectivity index (χ0) is 30.0. The van der Waals surface area contributed by atoms with Gasteiger partial charge >= 0.3 is 8.56 Å². The summed E-state index contributed by atoms with van der Waals surface area (Å²) >= 11 is 0. The fourth-order valence-electron chi connectivity index (χ4n) is 6.51. The van der Waals surface area contributed by atoms with E-state index in [0.29, 0.717) is 0 Å². The van der Waals surface area contributed by atoms with Gasteiger partial charge in [-0.25, -0.2) is 0 Å². The first-order chi connectivity index (χ1) is 20.2. The first-order valence-corrected chi connectivity index (χ1v) is 21.8. The summed E-state index contributed by atoms with van der Waals surface area (Å²) in [5.41, 5.74) is 0. The van der Waals surface area contributed by atoms with Gasteiger partial charge in [0.1, 0.15) is 0 Å². The van der Waals surface area contributed by atoms with Crippen molar-refractivity contribution in [3.8, 4) is 0 Å². The molecule has 0 saturated carbocycles. The predicted molar refractivity (Wildman–Crippen MR) is 188 cm³/mol. The molecular weight excluding hydrogens is 517 g/mol. The van der Waals surface area contributed by atoms with E-state index in [-0.39, 0.29) is 0 Å². The van der Waals surface area contributed by atoms with Gasteiger partial charge in [0.15, 0.2) is 0 Å². The molecule has 0 aromatic rings. The van der Waals surface area contributed by atoms with Crippen molar-refractivity contribution < 1.29 is 8.85 Å². The van der Waals surface area contributed by atoms with Crippen molar-refractivity contribution in [1.29, 1.82) is 0 Å². The molecule has 0 aliphatic rings. The number of hydrogen-bond donors (Lipinski definition) is 0. The maximum Gasteiger partial charge on any atom is 0.338 e. The lowest BCUT2D eigenvalue weighted by Gasteiger charge is -2.30. The normalized spacial score (nSPS) is 12.0. The molecule has 0 atom stereocenters. The molecule has 0 bridgehead atoms. The Kier molecular flexibility index (Phi) is 34.7. The van der Waals surface area contributed by atoms with E-state index >= 15 is 0 Å². The van der Waals surface area contributed by atoms with E-state index < -0.39 is 8.56 Å². The van der Waals surface area contributed by atoms with Crippen LogP contribution in [-0.2, 0) is 8.85 Å². The molecule has 2 nitrogen and oxygen atoms in total. The van der Waals surface area contributed by atoms with Crippen molar-refractivity contribution in [3.05, 3.63) is 0 Å². The van der Waals surface area contributed by atoms with Crippen LogP contribution >= 0.6 is 0 Å². The SMILES string of the molecule is CCCCCCCCCCCCCCCCC[Si](CCCCCCCCCCCCCCCCC)(OCC)OCC. The Morgan fingerprint density at radius 2 is 0.463 bits per heavy atom. The van der Waals surface area contributed by atoms with E-state index in [0.717, 1.165) is 13.2 Å². The Hall–Kier alpha value is 0.137. The molecule has 0 unspecified atom stereocenters. The molecule has 0 rings (SSSR count). The average molecular weight is 597 g/mol. The molecule has 0 radical (unpaired) electrons. The summed E-state index contributed by atoms with van der Waals surface area (Å²) in [6.45, 7) is 10.6. The molecule has 0 aromatic heterocycles. The molecular formula is C38H80O2Si. The van der Waals surface area contributed by atoms with Gasteiger partial charge in [0, 0.05) is 13.2 Å². The highest BCUT2D eigenvalue weighted by atomic mass is 28.4. The summed E-state index contributed by atoms with van der Waals surface area (Å²) in [6.07, 6.45) is 42.8. The Labute approximate surface area is 262 Å². The van der Waals surface area contributed by atoms with Crippen molar-refractivity contribution in [1.82, 2.24) is 0 Å². The molecule has 0 aliphatic carbocycles. The van der Waals surface area contributed by atoms with Gasteiger partial charge in [-0.15, -0.1) is 0 Å². The van der Waals surface area contributed by atoms with Gasteiger partial charge in [-0.2, -0.15) is 0 Å². The third-order valence-electron chi connectivity index (χ3n) is 9.14. The summed E-state index contributed by atoms with van der Waals surface area (Å²) in [4.78, 5) is 0. The van der Waals surface area contributed by atoms with E-state index in [1.54, 1.807) is 0 Å². The topological polar surface area (TPSA) is 18.5 Å². The van der Waals surface area contributed by atoms with E-state index in [9.17, 15) is 0 Å². The quantitative estimate of drug-likeness (QED) is 0.0529. The van der Waals surface area contributed by atoms with Gasteiger partial charge in [0.25, 0.3) is 0 Å². The zero-order valence-electron chi connectivity index (χ0n) is 29.4. The van der Waals surface area contributed by atoms with Crippen molar-refractivity contribution in [2.45, 2.75) is 232 Å². The predicted octanol–water partition coefficient (Wildman–Crippen LogP) is 14.2. The molecule has 3 heteroatoms. The van der Waals surface area contributed by atoms with Crippen LogP contribution in [0.2, 0.25) is 12.1 Å². The van der Waals surface area contributed by atoms with Crippen LogP contribution in [-0.4, -0.2) is 21.8 Å². The Morgan fingerprint density at radius 3 is 0.659 bits per heavy atom. The molecule has 0 aromatic carbocycles. The standard InChI is InChI=1S/C38H80O2Si/c1-5-9-11-13-15-17-19-21-23-25-27-29-31-33-35-37-41(39-7-3,40-8-4)38-36-34-32-30-28-26-24-22-20-18-16-14-12-10-6-2/h5-38H2,1-4H3. The van der Waals surface area contributed by atoms with Gasteiger partial charge in [-0.05, 0) is 25.9 Å². The first-order valence-electron chi connectivity index (χ1n) is 19.5. The van der Waals surface area contributed by atoms with Gasteiger partial charge in [-0.3, -0.25) is 0 Å². The molecule has 0 amide bonds. The van der Waals surface area contributed by atoms with Crippen LogP contribution in [0.3, 0.4) is 0 Å². The fourth-order valence-corrected chi connectivity index (χ4v) is 10.1. The van der Waals surface area contributed by atoms with Crippen molar-refractivity contribution >= 4 is 8.56 Å². The van der Waals surface area contributed by atoms with Crippen LogP contribution < -0.4 is 0 Å². The van der Waals surface area contributed by atoms with Crippen LogP contribution in [0.1, 0.15) is 220 Å². The van der Waals surface area contributed by atoms with Gasteiger partial charge in [0.05, 0.1) is 0 Å². The maximum absolute atomic E-state index is 6.42. The molecule has 0 saturated heterocycles. The number of rotatable bonds is 36. The van der Waals surface area contributed by atoms with E-state index in [2.05, 4.69) is 27.7 Å². The zero-order valence-corrected chi connectivity index (χ0v) is 30.4. The second kappa shape index (κ2) is 34.6. The summed E-state index contributed by atoms with van der Waals surface area (Å²) in [5.74, 6) is 0. The minimum atomic E-state index is -2.01. The van der Waals surface area contributed by atoms with Crippen LogP contribution in [0.15, 0.2) is 0 Å². The van der Waals surface area contributed by atoms with Gasteiger partial charge in [-0.1, -0.05) is 206 Å². The number of unbranched alkanes of at least 4 members (excludes halogenated alkanes) is 28. The second-order valence-corrected chi connectivity index (χ2v) is 16.6. The highest BCUT2D eigenvalue weighted by molar-refractivity contribution is 6.67. The third kappa shape index (κ3) is 30.0. The van der Waals surface area contributed by atoms with E-state index in [4.69, 9.17) is 8.85 Å². The molecule has 0 N–H and O–H groups in total. The Bertz CT molecular complexity index is 427. The Balaban J connectivity index is 3.75. The molecule has 0 fully saturated rings. The lowest BCUT2D eigenvalue weighted by Crippen LogP contribution is -2.42. The first kappa shape index (κ1) is 41.1. The van der Waals surface area contributed by atoms with Crippen LogP contribution in [0.4, 0.5) is 0 Å². The largest absolute Gasteiger partial charge is 0.394 e. The molecule has 0 aliphatic heterocycles. The lowest BCUT2D eigenvalue weighted by molar-refractivity contribution is 0.180. The summed E-state index contributed by atoms with van der Waals surface area (Å²) in [6, 6.07) is 2.43. The van der Waals surface area contributed by atoms with Gasteiger partial charge < -0.3 is 8.85 Å². The minimum absolute atomic E-state index is 0.823. The monoisotopic (exact) mass is 597 g/mol. The lowest BCUT2D eigenvalue weighted by atomic mass is 10.0. The third-order valence-corrected chi connectivity index (χ3v) is 13.0. The summed E-state index contributed by atoms with van der Waals surface area (Å²) < 4.78 is 12.8. The Morgan fingerprint density at radius 1 is 0.268 bits per heavy atom. The summed E-state index contributed by atoms with van der Waals surface area (Å²) in [5, 5.41) is 0. The average Bonchev–Trinajstić information content (AvgIpc) is 2.97. The molecule has 0 spiro atoms. The number of hydrogen-bond acceptors (Lipinski definition) is 2. The highest BCUT2D eigenvalue weighted by Crippen LogP contribution is 2.27. The van der Waals surface area contributed by atoms with Crippen molar-refractivity contribution in [2.24, 2.45) is 0 Å². The van der Waals surface area contributed by atoms with Crippen molar-refractivity contribution in [3.63, 3.8) is 0 Å².